The van der Waals surface area contributed by atoms with Crippen LogP contribution in [-0.4, -0.2) is 10.8 Å². The highest BCUT2D eigenvalue weighted by Crippen LogP contribution is 2.38. The van der Waals surface area contributed by atoms with Gasteiger partial charge in [0, 0.05) is 28.4 Å². The van der Waals surface area contributed by atoms with Crippen molar-refractivity contribution in [2.45, 2.75) is 70.1 Å². The van der Waals surface area contributed by atoms with Crippen LogP contribution in [0.25, 0.3) is 22.2 Å². The van der Waals surface area contributed by atoms with Crippen LogP contribution in [0.2, 0.25) is 0 Å². The fourth-order valence-electron chi connectivity index (χ4n) is 5.83. The number of ketones is 1. The Kier molecular flexibility index (Phi) is 5.75. The van der Waals surface area contributed by atoms with Gasteiger partial charge >= 0.3 is 0 Å². The minimum atomic E-state index is 0.315. The van der Waals surface area contributed by atoms with Gasteiger partial charge in [0.1, 0.15) is 5.78 Å². The third-order valence-electron chi connectivity index (χ3n) is 7.58. The minimum absolute atomic E-state index is 0.315. The lowest BCUT2D eigenvalue weighted by atomic mass is 9.79. The third-order valence-corrected chi connectivity index (χ3v) is 7.58. The quantitative estimate of drug-likeness (QED) is 0.449. The van der Waals surface area contributed by atoms with Crippen molar-refractivity contribution in [3.05, 3.63) is 60.2 Å². The average Bonchev–Trinajstić information content (AvgIpc) is 3.09. The van der Waals surface area contributed by atoms with Gasteiger partial charge in [0.05, 0.1) is 0 Å². The molecule has 30 heavy (non-hydrogen) atoms. The van der Waals surface area contributed by atoms with Gasteiger partial charge in [-0.2, -0.15) is 0 Å². The molecule has 1 heterocycles. The molecule has 0 radical (unpaired) electrons. The molecule has 0 amide bonds. The summed E-state index contributed by atoms with van der Waals surface area (Å²) < 4.78 is 0. The van der Waals surface area contributed by atoms with Gasteiger partial charge in [-0.15, -0.1) is 0 Å². The number of para-hydroxylation sites is 1. The maximum absolute atomic E-state index is 13.1. The Labute approximate surface area is 180 Å². The monoisotopic (exact) mass is 399 g/mol. The molecule has 5 rings (SSSR count). The van der Waals surface area contributed by atoms with Gasteiger partial charge in [-0.3, -0.25) is 4.79 Å². The second-order valence-electron chi connectivity index (χ2n) is 9.54. The molecule has 0 saturated heterocycles. The number of aromatic nitrogens is 1. The number of benzene rings is 2. The fourth-order valence-corrected chi connectivity index (χ4v) is 5.83. The summed E-state index contributed by atoms with van der Waals surface area (Å²) in [5, 5.41) is 1.26. The van der Waals surface area contributed by atoms with Crippen LogP contribution in [0.3, 0.4) is 0 Å². The second-order valence-corrected chi connectivity index (χ2v) is 9.54. The van der Waals surface area contributed by atoms with E-state index in [9.17, 15) is 4.79 Å². The number of carbonyl (C=O) groups excluding carboxylic acids is 1. The van der Waals surface area contributed by atoms with E-state index in [0.717, 1.165) is 32.1 Å². The fraction of sp³-hybridized carbons (Fsp3) is 0.464. The van der Waals surface area contributed by atoms with Gasteiger partial charge in [-0.1, -0.05) is 62.1 Å². The van der Waals surface area contributed by atoms with Crippen LogP contribution in [0.15, 0.2) is 54.6 Å². The van der Waals surface area contributed by atoms with Crippen molar-refractivity contribution in [3.8, 4) is 11.3 Å². The molecule has 2 aromatic carbocycles. The number of nitrogens with one attached hydrogen (secondary N) is 1. The Morgan fingerprint density at radius 3 is 2.40 bits per heavy atom. The highest BCUT2D eigenvalue weighted by Gasteiger charge is 2.30. The third kappa shape index (κ3) is 4.10. The van der Waals surface area contributed by atoms with Gasteiger partial charge < -0.3 is 4.98 Å². The molecule has 2 unspecified atom stereocenters. The summed E-state index contributed by atoms with van der Waals surface area (Å²) in [6.45, 7) is 0. The second kappa shape index (κ2) is 8.79. The molecule has 0 spiro atoms. The first-order valence-corrected chi connectivity index (χ1v) is 12.0. The topological polar surface area (TPSA) is 32.9 Å². The van der Waals surface area contributed by atoms with Crippen LogP contribution in [-0.2, 0) is 4.79 Å². The van der Waals surface area contributed by atoms with E-state index >= 15 is 0 Å². The van der Waals surface area contributed by atoms with Crippen molar-refractivity contribution in [2.75, 3.05) is 0 Å². The summed E-state index contributed by atoms with van der Waals surface area (Å²) in [5.74, 6) is 1.86. The molecule has 3 aromatic rings. The standard InChI is InChI=1S/C28H33NO/c30-28(21-8-2-1-3-9-21)22-12-6-11-20(16-17-22)23-13-7-14-24(18-23)27-19-25-10-4-5-15-26(25)29-27/h4-5,7,10,13-15,18-22,29H,1-3,6,8-9,11-12,16-17H2. The van der Waals surface area contributed by atoms with Gasteiger partial charge in [-0.05, 0) is 73.8 Å². The molecular formula is C28H33NO. The zero-order valence-corrected chi connectivity index (χ0v) is 17.9. The van der Waals surface area contributed by atoms with Crippen molar-refractivity contribution >= 4 is 16.7 Å². The number of H-pyrrole nitrogens is 1. The molecule has 2 heteroatoms. The van der Waals surface area contributed by atoms with Crippen LogP contribution < -0.4 is 0 Å². The number of Topliss-reactive ketones (excluding diaryl/α,β-unsaturated/α-hetero) is 1. The number of carbonyl (C=O) groups is 1. The van der Waals surface area contributed by atoms with Crippen LogP contribution in [0.5, 0.6) is 0 Å². The van der Waals surface area contributed by atoms with E-state index in [1.165, 1.54) is 59.8 Å². The normalized spacial score (nSPS) is 23.3. The molecule has 1 N–H and O–H groups in total. The molecule has 2 fully saturated rings. The van der Waals surface area contributed by atoms with Crippen LogP contribution in [0.4, 0.5) is 0 Å². The number of fused-ring (bicyclic) bond motifs is 1. The molecule has 0 bridgehead atoms. The van der Waals surface area contributed by atoms with Crippen LogP contribution >= 0.6 is 0 Å². The number of hydrogen-bond donors (Lipinski definition) is 1. The van der Waals surface area contributed by atoms with E-state index in [1.54, 1.807) is 0 Å². The van der Waals surface area contributed by atoms with E-state index in [1.807, 2.05) is 0 Å². The Morgan fingerprint density at radius 2 is 1.53 bits per heavy atom. The summed E-state index contributed by atoms with van der Waals surface area (Å²) in [6, 6.07) is 19.8. The maximum Gasteiger partial charge on any atom is 0.139 e. The summed E-state index contributed by atoms with van der Waals surface area (Å²) in [5.41, 5.74) is 5.09. The lowest BCUT2D eigenvalue weighted by Crippen LogP contribution is -2.25. The Morgan fingerprint density at radius 1 is 0.733 bits per heavy atom. The molecule has 2 aliphatic rings. The predicted molar refractivity (Wildman–Crippen MR) is 125 cm³/mol. The Balaban J connectivity index is 1.30. The predicted octanol–water partition coefficient (Wildman–Crippen LogP) is 7.65. The largest absolute Gasteiger partial charge is 0.355 e. The molecule has 2 nitrogen and oxygen atoms in total. The Hall–Kier alpha value is -2.35. The molecule has 1 aromatic heterocycles. The minimum Gasteiger partial charge on any atom is -0.355 e. The van der Waals surface area contributed by atoms with Crippen molar-refractivity contribution in [1.29, 1.82) is 0 Å². The summed E-state index contributed by atoms with van der Waals surface area (Å²) in [7, 11) is 0. The maximum atomic E-state index is 13.1. The van der Waals surface area contributed by atoms with Crippen molar-refractivity contribution in [2.24, 2.45) is 11.8 Å². The van der Waals surface area contributed by atoms with Crippen LogP contribution in [0.1, 0.15) is 75.7 Å². The van der Waals surface area contributed by atoms with E-state index in [-0.39, 0.29) is 0 Å². The van der Waals surface area contributed by atoms with E-state index in [2.05, 4.69) is 59.6 Å². The summed E-state index contributed by atoms with van der Waals surface area (Å²) in [4.78, 5) is 16.6. The molecule has 2 atom stereocenters. The molecule has 0 aliphatic heterocycles. The zero-order chi connectivity index (χ0) is 20.3. The van der Waals surface area contributed by atoms with Crippen molar-refractivity contribution in [1.82, 2.24) is 4.98 Å². The first kappa shape index (κ1) is 19.6. The number of aromatic amines is 1. The van der Waals surface area contributed by atoms with E-state index in [4.69, 9.17) is 0 Å². The number of hydrogen-bond acceptors (Lipinski definition) is 1. The van der Waals surface area contributed by atoms with Gasteiger partial charge in [0.2, 0.25) is 0 Å². The zero-order valence-electron chi connectivity index (χ0n) is 17.9. The van der Waals surface area contributed by atoms with Gasteiger partial charge in [0.15, 0.2) is 0 Å². The van der Waals surface area contributed by atoms with Crippen molar-refractivity contribution in [3.63, 3.8) is 0 Å². The molecular weight excluding hydrogens is 366 g/mol. The average molecular weight is 400 g/mol. The lowest BCUT2D eigenvalue weighted by Gasteiger charge is -2.24. The smallest absolute Gasteiger partial charge is 0.139 e. The van der Waals surface area contributed by atoms with Crippen molar-refractivity contribution < 1.29 is 4.79 Å². The molecule has 156 valence electrons. The van der Waals surface area contributed by atoms with Crippen LogP contribution in [0, 0.1) is 11.8 Å². The molecule has 2 saturated carbocycles. The molecule has 2 aliphatic carbocycles. The van der Waals surface area contributed by atoms with E-state index in [0.29, 0.717) is 23.5 Å². The highest BCUT2D eigenvalue weighted by molar-refractivity contribution is 5.86. The summed E-state index contributed by atoms with van der Waals surface area (Å²) >= 11 is 0. The first-order valence-electron chi connectivity index (χ1n) is 12.0. The summed E-state index contributed by atoms with van der Waals surface area (Å²) in [6.07, 6.45) is 11.9. The number of rotatable bonds is 4. The first-order chi connectivity index (χ1) is 14.8. The Bertz CT molecular complexity index is 977. The van der Waals surface area contributed by atoms with Gasteiger partial charge in [-0.25, -0.2) is 0 Å². The highest BCUT2D eigenvalue weighted by atomic mass is 16.1. The SMILES string of the molecule is O=C(C1CCCCC1)C1CCCC(c2cccc(-c3cc4ccccc4[nH]3)c2)CC1. The van der Waals surface area contributed by atoms with Gasteiger partial charge in [0.25, 0.3) is 0 Å². The lowest BCUT2D eigenvalue weighted by molar-refractivity contribution is -0.128. The van der Waals surface area contributed by atoms with E-state index < -0.39 is 0 Å².